The van der Waals surface area contributed by atoms with Crippen LogP contribution in [0.15, 0.2) is 21.8 Å². The van der Waals surface area contributed by atoms with E-state index in [4.69, 9.17) is 0 Å². The summed E-state index contributed by atoms with van der Waals surface area (Å²) in [6.45, 7) is 7.88. The molecule has 0 atom stereocenters. The van der Waals surface area contributed by atoms with Gasteiger partial charge in [-0.2, -0.15) is 0 Å². The number of thioether (sulfide) groups is 2. The lowest BCUT2D eigenvalue weighted by Gasteiger charge is -1.93. The molecular formula is C7H12S2. The van der Waals surface area contributed by atoms with Crippen LogP contribution in [0.25, 0.3) is 0 Å². The minimum atomic E-state index is 1.14. The van der Waals surface area contributed by atoms with Crippen LogP contribution in [0.5, 0.6) is 0 Å². The van der Waals surface area contributed by atoms with Crippen molar-refractivity contribution in [3.63, 3.8) is 0 Å². The molecule has 0 unspecified atom stereocenters. The average molecular weight is 160 g/mol. The van der Waals surface area contributed by atoms with Crippen molar-refractivity contribution < 1.29 is 0 Å². The Morgan fingerprint density at radius 1 is 1.44 bits per heavy atom. The lowest BCUT2D eigenvalue weighted by Crippen LogP contribution is -1.61. The van der Waals surface area contributed by atoms with Gasteiger partial charge in [0.1, 0.15) is 0 Å². The lowest BCUT2D eigenvalue weighted by molar-refractivity contribution is 1.70. The van der Waals surface area contributed by atoms with E-state index in [1.165, 1.54) is 4.91 Å². The summed E-state index contributed by atoms with van der Waals surface area (Å²) in [6.07, 6.45) is 2.07. The summed E-state index contributed by atoms with van der Waals surface area (Å²) < 4.78 is 0. The van der Waals surface area contributed by atoms with E-state index in [-0.39, 0.29) is 0 Å². The topological polar surface area (TPSA) is 0 Å². The van der Waals surface area contributed by atoms with Gasteiger partial charge < -0.3 is 0 Å². The van der Waals surface area contributed by atoms with E-state index in [1.807, 2.05) is 6.92 Å². The van der Waals surface area contributed by atoms with Gasteiger partial charge in [-0.3, -0.25) is 0 Å². The van der Waals surface area contributed by atoms with Crippen molar-refractivity contribution in [2.75, 3.05) is 6.26 Å². The Hall–Kier alpha value is 0.180. The average Bonchev–Trinajstić information content (AvgIpc) is 1.83. The summed E-state index contributed by atoms with van der Waals surface area (Å²) >= 11 is 3.45. The first-order chi connectivity index (χ1) is 4.16. The fourth-order valence-electron chi connectivity index (χ4n) is 0.232. The van der Waals surface area contributed by atoms with Crippen LogP contribution < -0.4 is 0 Å². The maximum Gasteiger partial charge on any atom is -0.0120 e. The third kappa shape index (κ3) is 6.06. The second kappa shape index (κ2) is 5.00. The van der Waals surface area contributed by atoms with Crippen molar-refractivity contribution in [3.05, 3.63) is 21.8 Å². The van der Waals surface area contributed by atoms with Gasteiger partial charge >= 0.3 is 0 Å². The zero-order valence-electron chi connectivity index (χ0n) is 6.10. The third-order valence-electron chi connectivity index (χ3n) is 0.748. The largest absolute Gasteiger partial charge is 0.134 e. The fraction of sp³-hybridized carbons (Fsp3) is 0.429. The normalized spacial score (nSPS) is 11.7. The monoisotopic (exact) mass is 160 g/mol. The molecule has 0 aliphatic carbocycles. The zero-order valence-corrected chi connectivity index (χ0v) is 7.73. The molecule has 0 aliphatic heterocycles. The van der Waals surface area contributed by atoms with Gasteiger partial charge in [0.15, 0.2) is 0 Å². The molecule has 0 amide bonds. The Morgan fingerprint density at radius 2 is 2.00 bits per heavy atom. The molecule has 0 rings (SSSR count). The molecular weight excluding hydrogens is 148 g/mol. The number of hydrogen-bond donors (Lipinski definition) is 0. The van der Waals surface area contributed by atoms with E-state index in [2.05, 4.69) is 25.2 Å². The number of allylic oxidation sites excluding steroid dienone is 2. The highest BCUT2D eigenvalue weighted by molar-refractivity contribution is 8.07. The summed E-state index contributed by atoms with van der Waals surface area (Å²) in [6, 6.07) is 0. The predicted molar refractivity (Wildman–Crippen MR) is 49.7 cm³/mol. The third-order valence-corrected chi connectivity index (χ3v) is 2.53. The van der Waals surface area contributed by atoms with E-state index in [0.29, 0.717) is 0 Å². The summed E-state index contributed by atoms with van der Waals surface area (Å²) in [5.74, 6) is 0. The lowest BCUT2D eigenvalue weighted by atomic mass is 10.7. The van der Waals surface area contributed by atoms with Crippen LogP contribution in [-0.4, -0.2) is 6.26 Å². The molecule has 0 aromatic heterocycles. The van der Waals surface area contributed by atoms with Crippen LogP contribution in [0.2, 0.25) is 0 Å². The molecule has 0 heterocycles. The standard InChI is InChI=1S/C7H12S2/c1-6(2)9-5-7(3)8-4/h5H,1H2,2-4H3. The smallest absolute Gasteiger partial charge is 0.0120 e. The van der Waals surface area contributed by atoms with Gasteiger partial charge in [-0.1, -0.05) is 6.58 Å². The van der Waals surface area contributed by atoms with Gasteiger partial charge in [-0.25, -0.2) is 0 Å². The van der Waals surface area contributed by atoms with Crippen LogP contribution >= 0.6 is 23.5 Å². The Labute approximate surface area is 65.8 Å². The molecule has 0 N–H and O–H groups in total. The molecule has 52 valence electrons. The molecule has 0 aromatic rings. The zero-order chi connectivity index (χ0) is 7.28. The van der Waals surface area contributed by atoms with E-state index in [1.54, 1.807) is 23.5 Å². The Bertz CT molecular complexity index is 125. The van der Waals surface area contributed by atoms with Gasteiger partial charge in [0.25, 0.3) is 0 Å². The van der Waals surface area contributed by atoms with Gasteiger partial charge in [0.2, 0.25) is 0 Å². The van der Waals surface area contributed by atoms with E-state index >= 15 is 0 Å². The molecule has 0 saturated heterocycles. The molecule has 0 spiro atoms. The fourth-order valence-corrected chi connectivity index (χ4v) is 1.13. The Balaban J connectivity index is 3.56. The number of hydrogen-bond acceptors (Lipinski definition) is 2. The first-order valence-electron chi connectivity index (χ1n) is 2.69. The first kappa shape index (κ1) is 9.18. The maximum absolute atomic E-state index is 3.77. The Kier molecular flexibility index (Phi) is 5.10. The van der Waals surface area contributed by atoms with E-state index < -0.39 is 0 Å². The van der Waals surface area contributed by atoms with Crippen molar-refractivity contribution in [1.82, 2.24) is 0 Å². The highest BCUT2D eigenvalue weighted by atomic mass is 32.2. The molecule has 9 heavy (non-hydrogen) atoms. The quantitative estimate of drug-likeness (QED) is 0.620. The first-order valence-corrected chi connectivity index (χ1v) is 4.80. The Morgan fingerprint density at radius 3 is 2.33 bits per heavy atom. The van der Waals surface area contributed by atoms with Crippen LogP contribution in [-0.2, 0) is 0 Å². The molecule has 0 bridgehead atoms. The van der Waals surface area contributed by atoms with Gasteiger partial charge in [0.05, 0.1) is 0 Å². The summed E-state index contributed by atoms with van der Waals surface area (Å²) in [7, 11) is 0. The molecule has 0 aliphatic rings. The highest BCUT2D eigenvalue weighted by Gasteiger charge is 1.84. The summed E-state index contributed by atoms with van der Waals surface area (Å²) in [4.78, 5) is 2.48. The van der Waals surface area contributed by atoms with E-state index in [9.17, 15) is 0 Å². The number of rotatable bonds is 3. The molecule has 0 saturated carbocycles. The summed E-state index contributed by atoms with van der Waals surface area (Å²) in [5, 5.41) is 2.12. The molecule has 0 fully saturated rings. The van der Waals surface area contributed by atoms with Gasteiger partial charge in [-0.05, 0) is 35.3 Å². The molecule has 0 radical (unpaired) electrons. The maximum atomic E-state index is 3.77. The second-order valence-electron chi connectivity index (χ2n) is 1.75. The molecule has 0 aromatic carbocycles. The van der Waals surface area contributed by atoms with Crippen molar-refractivity contribution in [1.29, 1.82) is 0 Å². The van der Waals surface area contributed by atoms with Gasteiger partial charge in [-0.15, -0.1) is 23.5 Å². The molecule has 2 heteroatoms. The minimum Gasteiger partial charge on any atom is -0.134 e. The molecule has 0 nitrogen and oxygen atoms in total. The van der Waals surface area contributed by atoms with Crippen LogP contribution in [0.4, 0.5) is 0 Å². The SMILES string of the molecule is C=C(C)SC=C(C)SC. The van der Waals surface area contributed by atoms with Crippen LogP contribution in [0.3, 0.4) is 0 Å². The van der Waals surface area contributed by atoms with Crippen LogP contribution in [0.1, 0.15) is 13.8 Å². The summed E-state index contributed by atoms with van der Waals surface area (Å²) in [5.41, 5.74) is 0. The van der Waals surface area contributed by atoms with Crippen LogP contribution in [0, 0.1) is 0 Å². The van der Waals surface area contributed by atoms with Crippen molar-refractivity contribution in [2.24, 2.45) is 0 Å². The van der Waals surface area contributed by atoms with Gasteiger partial charge in [0, 0.05) is 0 Å². The minimum absolute atomic E-state index is 1.14. The highest BCUT2D eigenvalue weighted by Crippen LogP contribution is 2.20. The van der Waals surface area contributed by atoms with Crippen molar-refractivity contribution in [3.8, 4) is 0 Å². The predicted octanol–water partition coefficient (Wildman–Crippen LogP) is 3.48. The second-order valence-corrected chi connectivity index (χ2v) is 3.97. The van der Waals surface area contributed by atoms with Crippen molar-refractivity contribution in [2.45, 2.75) is 13.8 Å². The van der Waals surface area contributed by atoms with E-state index in [0.717, 1.165) is 4.91 Å². The van der Waals surface area contributed by atoms with Crippen molar-refractivity contribution >= 4 is 23.5 Å².